The molecule has 10 aromatic rings. The van der Waals surface area contributed by atoms with Gasteiger partial charge in [0, 0.05) is 48.5 Å². The molecule has 71 heavy (non-hydrogen) atoms. The molecule has 7 aromatic carbocycles. The minimum absolute atomic E-state index is 0.0192. The number of hydrogen-bond donors (Lipinski definition) is 0. The molecule has 0 N–H and O–H groups in total. The molecule has 0 aliphatic rings. The Hall–Kier alpha value is -7.24. The maximum atomic E-state index is 8.61. The number of benzene rings is 7. The smallest absolute Gasteiger partial charge is 0.255 e. The van der Waals surface area contributed by atoms with Crippen LogP contribution in [0.4, 0.5) is 0 Å². The molecule has 0 unspecified atom stereocenters. The van der Waals surface area contributed by atoms with Crippen LogP contribution in [0.2, 0.25) is 0 Å². The number of aryl methyl sites for hydroxylation is 2. The molecule has 0 spiro atoms. The third-order valence-corrected chi connectivity index (χ3v) is 14.0. The number of rotatable bonds is 7. The first kappa shape index (κ1) is 40.5. The van der Waals surface area contributed by atoms with Crippen LogP contribution in [0.1, 0.15) is 125 Å². The largest absolute Gasteiger partial charge is 0.457 e. The number of imidazole rings is 1. The fourth-order valence-electron chi connectivity index (χ4n) is 9.95. The highest BCUT2D eigenvalue weighted by atomic mass is 16.5. The first-order valence-corrected chi connectivity index (χ1v) is 24.8. The lowest BCUT2D eigenvalue weighted by Crippen LogP contribution is -2.34. The van der Waals surface area contributed by atoms with Crippen LogP contribution in [0, 0.1) is 13.7 Å². The van der Waals surface area contributed by atoms with Gasteiger partial charge in [-0.1, -0.05) is 162 Å². The summed E-state index contributed by atoms with van der Waals surface area (Å²) in [4.78, 5) is 4.89. The molecular formula is C66H69N4O+. The van der Waals surface area contributed by atoms with Gasteiger partial charge in [0.05, 0.1) is 11.0 Å². The molecule has 0 radical (unpaired) electrons. The molecule has 0 aliphatic carbocycles. The standard InChI is InChI=1S/C66H69N4O/c1-42-20-17-21-43(2)61(42)44-28-31-57-59(36-44)68(41-69(57)62-52(25-19-26-55(62)66(12,13)14)45-34-47(64(6,7)8)37-48(35-45)65(9,10)11)49-22-18-23-50(39-49)71-51-29-30-54-53-24-15-16-27-56(53)70(58(54)40-51)60-38-46(32-33-67-60)63(3,4)5/h15-41H,1-14H3/q+1/i1D3,2D3. The van der Waals surface area contributed by atoms with Crippen molar-refractivity contribution >= 4 is 32.8 Å². The monoisotopic (exact) mass is 940 g/mol. The molecule has 5 heteroatoms. The zero-order chi connectivity index (χ0) is 55.4. The Balaban J connectivity index is 1.20. The summed E-state index contributed by atoms with van der Waals surface area (Å²) >= 11 is 0. The van der Waals surface area contributed by atoms with Crippen molar-refractivity contribution in [3.8, 4) is 50.9 Å². The number of fused-ring (bicyclic) bond motifs is 4. The quantitative estimate of drug-likeness (QED) is 0.149. The number of hydrogen-bond acceptors (Lipinski definition) is 2. The fourth-order valence-corrected chi connectivity index (χ4v) is 9.95. The molecule has 3 aromatic heterocycles. The van der Waals surface area contributed by atoms with Crippen LogP contribution in [0.25, 0.3) is 72.3 Å². The summed E-state index contributed by atoms with van der Waals surface area (Å²) in [6.07, 6.45) is 3.98. The lowest BCUT2D eigenvalue weighted by molar-refractivity contribution is -0.567. The maximum Gasteiger partial charge on any atom is 0.255 e. The number of ether oxygens (including phenoxy) is 1. The van der Waals surface area contributed by atoms with E-state index in [4.69, 9.17) is 17.9 Å². The Morgan fingerprint density at radius 2 is 1.17 bits per heavy atom. The number of pyridine rings is 1. The summed E-state index contributed by atoms with van der Waals surface area (Å²) in [5, 5.41) is 2.20. The molecule has 0 amide bonds. The van der Waals surface area contributed by atoms with Gasteiger partial charge in [0.2, 0.25) is 0 Å². The van der Waals surface area contributed by atoms with Gasteiger partial charge in [-0.15, -0.1) is 0 Å². The normalized spacial score (nSPS) is 14.3. The highest BCUT2D eigenvalue weighted by Gasteiger charge is 2.31. The maximum absolute atomic E-state index is 8.61. The second kappa shape index (κ2) is 17.3. The van der Waals surface area contributed by atoms with Crippen LogP contribution in [-0.2, 0) is 21.7 Å². The molecule has 0 atom stereocenters. The van der Waals surface area contributed by atoms with Crippen molar-refractivity contribution in [1.82, 2.24) is 14.1 Å². The van der Waals surface area contributed by atoms with E-state index in [-0.39, 0.29) is 38.4 Å². The molecule has 0 saturated carbocycles. The van der Waals surface area contributed by atoms with Crippen molar-refractivity contribution in [3.05, 3.63) is 198 Å². The van der Waals surface area contributed by atoms with E-state index < -0.39 is 13.7 Å². The highest BCUT2D eigenvalue weighted by molar-refractivity contribution is 6.09. The third kappa shape index (κ3) is 8.85. The number of nitrogens with zero attached hydrogens (tertiary/aromatic N) is 4. The van der Waals surface area contributed by atoms with Crippen LogP contribution >= 0.6 is 0 Å². The van der Waals surface area contributed by atoms with Crippen molar-refractivity contribution in [2.45, 2.75) is 118 Å². The minimum Gasteiger partial charge on any atom is -0.457 e. The second-order valence-corrected chi connectivity index (χ2v) is 23.3. The molecular weight excluding hydrogens is 865 g/mol. The van der Waals surface area contributed by atoms with Crippen molar-refractivity contribution in [2.75, 3.05) is 0 Å². The van der Waals surface area contributed by atoms with E-state index in [1.54, 1.807) is 0 Å². The molecule has 0 aliphatic heterocycles. The molecule has 10 rings (SSSR count). The first-order chi connectivity index (χ1) is 36.0. The van der Waals surface area contributed by atoms with Crippen LogP contribution in [0.15, 0.2) is 164 Å². The summed E-state index contributed by atoms with van der Waals surface area (Å²) in [5.41, 5.74) is 12.3. The second-order valence-electron chi connectivity index (χ2n) is 23.3. The van der Waals surface area contributed by atoms with Crippen molar-refractivity contribution in [2.24, 2.45) is 0 Å². The Morgan fingerprint density at radius 3 is 1.86 bits per heavy atom. The fraction of sp³-hybridized carbons (Fsp3) is 0.273. The van der Waals surface area contributed by atoms with E-state index in [1.165, 1.54) is 34.9 Å². The summed E-state index contributed by atoms with van der Waals surface area (Å²) < 4.78 is 65.1. The topological polar surface area (TPSA) is 35.9 Å². The van der Waals surface area contributed by atoms with Crippen LogP contribution in [0.3, 0.4) is 0 Å². The van der Waals surface area contributed by atoms with Gasteiger partial charge in [0.1, 0.15) is 28.7 Å². The molecule has 0 bridgehead atoms. The van der Waals surface area contributed by atoms with Gasteiger partial charge in [-0.05, 0) is 141 Å². The minimum atomic E-state index is -2.59. The summed E-state index contributed by atoms with van der Waals surface area (Å²) in [6.45, 7) is 21.7. The SMILES string of the molecule is [2H]C([2H])([2H])c1cccc(C([2H])([2H])[2H])c1-c1ccc2c(c1)n(-c1cccc(Oc3ccc4c5ccccc5n(-c5cc(C(C)(C)C)ccn5)c4c3)c1)c[n+]2-c1c(-c2cc(C(C)(C)C)cc(C(C)(C)C)c2)cccc1C(C)(C)C. The van der Waals surface area contributed by atoms with E-state index in [0.29, 0.717) is 17.1 Å². The predicted molar refractivity (Wildman–Crippen MR) is 299 cm³/mol. The van der Waals surface area contributed by atoms with Crippen LogP contribution in [-0.4, -0.2) is 14.1 Å². The van der Waals surface area contributed by atoms with Gasteiger partial charge in [0.15, 0.2) is 11.0 Å². The predicted octanol–water partition coefficient (Wildman–Crippen LogP) is 17.3. The van der Waals surface area contributed by atoms with E-state index >= 15 is 0 Å². The third-order valence-electron chi connectivity index (χ3n) is 14.0. The molecule has 5 nitrogen and oxygen atoms in total. The van der Waals surface area contributed by atoms with Gasteiger partial charge < -0.3 is 4.74 Å². The summed E-state index contributed by atoms with van der Waals surface area (Å²) in [7, 11) is 0. The van der Waals surface area contributed by atoms with Gasteiger partial charge in [-0.2, -0.15) is 9.13 Å². The number of para-hydroxylation sites is 2. The zero-order valence-electron chi connectivity index (χ0n) is 49.3. The first-order valence-electron chi connectivity index (χ1n) is 27.8. The Bertz CT molecular complexity index is 3860. The van der Waals surface area contributed by atoms with Crippen molar-refractivity contribution < 1.29 is 17.5 Å². The van der Waals surface area contributed by atoms with E-state index in [9.17, 15) is 0 Å². The molecule has 0 fully saturated rings. The number of aromatic nitrogens is 4. The van der Waals surface area contributed by atoms with E-state index in [2.05, 4.69) is 188 Å². The lowest BCUT2D eigenvalue weighted by atomic mass is 9.78. The molecule has 358 valence electrons. The van der Waals surface area contributed by atoms with Crippen molar-refractivity contribution in [3.63, 3.8) is 0 Å². The zero-order valence-corrected chi connectivity index (χ0v) is 43.3. The van der Waals surface area contributed by atoms with Crippen LogP contribution < -0.4 is 9.30 Å². The van der Waals surface area contributed by atoms with Gasteiger partial charge in [0.25, 0.3) is 6.33 Å². The summed E-state index contributed by atoms with van der Waals surface area (Å²) in [6, 6.07) is 50.7. The lowest BCUT2D eigenvalue weighted by Gasteiger charge is -2.27. The Kier molecular flexibility index (Phi) is 9.84. The van der Waals surface area contributed by atoms with Gasteiger partial charge in [-0.3, -0.25) is 4.57 Å². The Labute approximate surface area is 429 Å². The molecule has 3 heterocycles. The van der Waals surface area contributed by atoms with E-state index in [1.807, 2.05) is 54.7 Å². The Morgan fingerprint density at radius 1 is 0.507 bits per heavy atom. The average molecular weight is 940 g/mol. The average Bonchev–Trinajstić information content (AvgIpc) is 3.98. The van der Waals surface area contributed by atoms with Gasteiger partial charge in [-0.25, -0.2) is 4.98 Å². The van der Waals surface area contributed by atoms with Gasteiger partial charge >= 0.3 is 0 Å². The molecule has 0 saturated heterocycles. The van der Waals surface area contributed by atoms with Crippen molar-refractivity contribution in [1.29, 1.82) is 0 Å². The van der Waals surface area contributed by atoms with Crippen LogP contribution in [0.5, 0.6) is 11.5 Å². The highest BCUT2D eigenvalue weighted by Crippen LogP contribution is 2.41. The summed E-state index contributed by atoms with van der Waals surface area (Å²) in [5.74, 6) is 2.08. The van der Waals surface area contributed by atoms with E-state index in [0.717, 1.165) is 66.7 Å².